The van der Waals surface area contributed by atoms with E-state index in [0.717, 1.165) is 24.7 Å². The van der Waals surface area contributed by atoms with Gasteiger partial charge in [-0.2, -0.15) is 0 Å². The van der Waals surface area contributed by atoms with Crippen LogP contribution in [0, 0.1) is 0 Å². The summed E-state index contributed by atoms with van der Waals surface area (Å²) in [6.07, 6.45) is 0.516. The number of nitrogens with zero attached hydrogens (tertiary/aromatic N) is 1. The lowest BCUT2D eigenvalue weighted by Gasteiger charge is -2.14. The molecule has 1 aromatic carbocycles. The molecule has 1 aliphatic heterocycles. The molecule has 0 saturated carbocycles. The van der Waals surface area contributed by atoms with Gasteiger partial charge in [0.2, 0.25) is 5.91 Å². The Bertz CT molecular complexity index is 436. The van der Waals surface area contributed by atoms with E-state index in [2.05, 4.69) is 16.3 Å². The SMILES string of the molecule is NCCNC(=O)CCN1Cc2ccc(Cl)cc2C1. The number of hydrogen-bond donors (Lipinski definition) is 2. The van der Waals surface area contributed by atoms with Crippen LogP contribution in [0.3, 0.4) is 0 Å². The zero-order chi connectivity index (χ0) is 13.0. The minimum Gasteiger partial charge on any atom is -0.355 e. The van der Waals surface area contributed by atoms with E-state index < -0.39 is 0 Å². The van der Waals surface area contributed by atoms with Crippen molar-refractivity contribution in [1.29, 1.82) is 0 Å². The summed E-state index contributed by atoms with van der Waals surface area (Å²) in [6.45, 7) is 3.58. The minimum absolute atomic E-state index is 0.0643. The van der Waals surface area contributed by atoms with E-state index >= 15 is 0 Å². The van der Waals surface area contributed by atoms with Gasteiger partial charge in [-0.3, -0.25) is 9.69 Å². The number of carbonyl (C=O) groups is 1. The predicted molar refractivity (Wildman–Crippen MR) is 72.2 cm³/mol. The molecule has 0 saturated heterocycles. The standard InChI is InChI=1S/C13H18ClN3O/c14-12-2-1-10-8-17(9-11(10)7-12)6-3-13(18)16-5-4-15/h1-2,7H,3-6,8-9,15H2,(H,16,18). The van der Waals surface area contributed by atoms with E-state index in [-0.39, 0.29) is 5.91 Å². The molecule has 0 fully saturated rings. The maximum Gasteiger partial charge on any atom is 0.221 e. The average Bonchev–Trinajstić information content (AvgIpc) is 2.75. The van der Waals surface area contributed by atoms with Gasteiger partial charge in [0, 0.05) is 44.2 Å². The highest BCUT2D eigenvalue weighted by molar-refractivity contribution is 6.30. The number of fused-ring (bicyclic) bond motifs is 1. The second kappa shape index (κ2) is 6.18. The molecule has 4 nitrogen and oxygen atoms in total. The second-order valence-electron chi connectivity index (χ2n) is 4.51. The summed E-state index contributed by atoms with van der Waals surface area (Å²) < 4.78 is 0. The van der Waals surface area contributed by atoms with Gasteiger partial charge >= 0.3 is 0 Å². The Balaban J connectivity index is 1.79. The molecular formula is C13H18ClN3O. The van der Waals surface area contributed by atoms with E-state index in [9.17, 15) is 4.79 Å². The van der Waals surface area contributed by atoms with Gasteiger partial charge < -0.3 is 11.1 Å². The second-order valence-corrected chi connectivity index (χ2v) is 4.95. The van der Waals surface area contributed by atoms with Crippen molar-refractivity contribution in [3.63, 3.8) is 0 Å². The number of rotatable bonds is 5. The summed E-state index contributed by atoms with van der Waals surface area (Å²) >= 11 is 5.96. The first-order valence-electron chi connectivity index (χ1n) is 6.15. The van der Waals surface area contributed by atoms with Crippen molar-refractivity contribution in [1.82, 2.24) is 10.2 Å². The third-order valence-electron chi connectivity index (χ3n) is 3.08. The lowest BCUT2D eigenvalue weighted by atomic mass is 10.1. The molecule has 2 rings (SSSR count). The summed E-state index contributed by atoms with van der Waals surface area (Å²) in [6, 6.07) is 5.98. The number of carbonyl (C=O) groups excluding carboxylic acids is 1. The van der Waals surface area contributed by atoms with E-state index in [1.165, 1.54) is 11.1 Å². The Hall–Kier alpha value is -1.10. The van der Waals surface area contributed by atoms with Crippen molar-refractivity contribution in [3.05, 3.63) is 34.3 Å². The summed E-state index contributed by atoms with van der Waals surface area (Å²) in [5.41, 5.74) is 7.90. The topological polar surface area (TPSA) is 58.4 Å². The van der Waals surface area contributed by atoms with E-state index in [4.69, 9.17) is 17.3 Å². The van der Waals surface area contributed by atoms with Crippen LogP contribution < -0.4 is 11.1 Å². The molecule has 0 unspecified atom stereocenters. The Labute approximate surface area is 112 Å². The van der Waals surface area contributed by atoms with Crippen LogP contribution in [0.1, 0.15) is 17.5 Å². The maximum atomic E-state index is 11.5. The molecule has 0 radical (unpaired) electrons. The van der Waals surface area contributed by atoms with Crippen molar-refractivity contribution >= 4 is 17.5 Å². The van der Waals surface area contributed by atoms with Crippen LogP contribution in [0.25, 0.3) is 0 Å². The summed E-state index contributed by atoms with van der Waals surface area (Å²) in [7, 11) is 0. The Morgan fingerprint density at radius 1 is 1.39 bits per heavy atom. The number of hydrogen-bond acceptors (Lipinski definition) is 3. The third kappa shape index (κ3) is 3.45. The van der Waals surface area contributed by atoms with Gasteiger partial charge in [0.15, 0.2) is 0 Å². The molecular weight excluding hydrogens is 250 g/mol. The van der Waals surface area contributed by atoms with Gasteiger partial charge in [0.05, 0.1) is 0 Å². The van der Waals surface area contributed by atoms with Gasteiger partial charge in [-0.15, -0.1) is 0 Å². The van der Waals surface area contributed by atoms with Gasteiger partial charge in [-0.1, -0.05) is 17.7 Å². The first-order chi connectivity index (χ1) is 8.69. The molecule has 0 atom stereocenters. The highest BCUT2D eigenvalue weighted by Gasteiger charge is 2.19. The number of nitrogens with two attached hydrogens (primary N) is 1. The smallest absolute Gasteiger partial charge is 0.221 e. The highest BCUT2D eigenvalue weighted by atomic mass is 35.5. The van der Waals surface area contributed by atoms with Crippen LogP contribution in [0.5, 0.6) is 0 Å². The molecule has 0 spiro atoms. The monoisotopic (exact) mass is 267 g/mol. The zero-order valence-corrected chi connectivity index (χ0v) is 11.0. The van der Waals surface area contributed by atoms with Gasteiger partial charge in [0.1, 0.15) is 0 Å². The van der Waals surface area contributed by atoms with Crippen molar-refractivity contribution in [2.24, 2.45) is 5.73 Å². The summed E-state index contributed by atoms with van der Waals surface area (Å²) in [4.78, 5) is 13.7. The van der Waals surface area contributed by atoms with Crippen LogP contribution in [-0.2, 0) is 17.9 Å². The highest BCUT2D eigenvalue weighted by Crippen LogP contribution is 2.25. The number of amides is 1. The number of halogens is 1. The molecule has 98 valence electrons. The van der Waals surface area contributed by atoms with Gasteiger partial charge in [-0.25, -0.2) is 0 Å². The normalized spacial score (nSPS) is 14.6. The average molecular weight is 268 g/mol. The van der Waals surface area contributed by atoms with Crippen LogP contribution in [-0.4, -0.2) is 30.4 Å². The largest absolute Gasteiger partial charge is 0.355 e. The van der Waals surface area contributed by atoms with Crippen LogP contribution >= 0.6 is 11.6 Å². The predicted octanol–water partition coefficient (Wildman–Crippen LogP) is 1.12. The minimum atomic E-state index is 0.0643. The van der Waals surface area contributed by atoms with E-state index in [0.29, 0.717) is 19.5 Å². The molecule has 0 aromatic heterocycles. The molecule has 18 heavy (non-hydrogen) atoms. The zero-order valence-electron chi connectivity index (χ0n) is 10.3. The Morgan fingerprint density at radius 3 is 2.94 bits per heavy atom. The van der Waals surface area contributed by atoms with Crippen molar-refractivity contribution in [2.75, 3.05) is 19.6 Å². The molecule has 5 heteroatoms. The lowest BCUT2D eigenvalue weighted by Crippen LogP contribution is -2.31. The molecule has 1 heterocycles. The fraction of sp³-hybridized carbons (Fsp3) is 0.462. The molecule has 0 bridgehead atoms. The maximum absolute atomic E-state index is 11.5. The van der Waals surface area contributed by atoms with E-state index in [1.54, 1.807) is 0 Å². The molecule has 3 N–H and O–H groups in total. The Kier molecular flexibility index (Phi) is 4.58. The van der Waals surface area contributed by atoms with Crippen molar-refractivity contribution in [3.8, 4) is 0 Å². The molecule has 1 aliphatic rings. The van der Waals surface area contributed by atoms with Gasteiger partial charge in [0.25, 0.3) is 0 Å². The Morgan fingerprint density at radius 2 is 2.17 bits per heavy atom. The first kappa shape index (κ1) is 13.3. The number of benzene rings is 1. The van der Waals surface area contributed by atoms with E-state index in [1.807, 2.05) is 12.1 Å². The molecule has 0 aliphatic carbocycles. The fourth-order valence-corrected chi connectivity index (χ4v) is 2.35. The number of nitrogens with one attached hydrogen (secondary N) is 1. The van der Waals surface area contributed by atoms with Crippen LogP contribution in [0.4, 0.5) is 0 Å². The summed E-state index contributed by atoms with van der Waals surface area (Å²) in [5, 5.41) is 3.55. The molecule has 1 amide bonds. The summed E-state index contributed by atoms with van der Waals surface area (Å²) in [5.74, 6) is 0.0643. The van der Waals surface area contributed by atoms with Crippen molar-refractivity contribution < 1.29 is 4.79 Å². The third-order valence-corrected chi connectivity index (χ3v) is 3.31. The van der Waals surface area contributed by atoms with Crippen LogP contribution in [0.15, 0.2) is 18.2 Å². The van der Waals surface area contributed by atoms with Crippen molar-refractivity contribution in [2.45, 2.75) is 19.5 Å². The fourth-order valence-electron chi connectivity index (χ4n) is 2.15. The first-order valence-corrected chi connectivity index (χ1v) is 6.53. The lowest BCUT2D eigenvalue weighted by molar-refractivity contribution is -0.121. The molecule has 1 aromatic rings. The quantitative estimate of drug-likeness (QED) is 0.841. The van der Waals surface area contributed by atoms with Crippen LogP contribution in [0.2, 0.25) is 5.02 Å². The van der Waals surface area contributed by atoms with Gasteiger partial charge in [-0.05, 0) is 23.3 Å².